The van der Waals surface area contributed by atoms with Gasteiger partial charge in [0.15, 0.2) is 0 Å². The van der Waals surface area contributed by atoms with Crippen LogP contribution in [0.4, 0.5) is 65.9 Å². The molecule has 0 aliphatic rings. The van der Waals surface area contributed by atoms with Gasteiger partial charge in [-0.3, -0.25) is 4.79 Å². The summed E-state index contributed by atoms with van der Waals surface area (Å²) in [5.74, 6) is -32.1. The third-order valence-corrected chi connectivity index (χ3v) is 4.48. The second kappa shape index (κ2) is 8.00. The van der Waals surface area contributed by atoms with Gasteiger partial charge in [-0.2, -0.15) is 61.5 Å². The molecule has 0 aliphatic carbocycles. The van der Waals surface area contributed by atoms with Crippen molar-refractivity contribution in [2.24, 2.45) is 0 Å². The van der Waals surface area contributed by atoms with Crippen molar-refractivity contribution < 1.29 is 70.7 Å². The number of hydrogen-bond donors (Lipinski definition) is 0. The minimum Gasteiger partial charge on any atom is -0.282 e. The summed E-state index contributed by atoms with van der Waals surface area (Å²) in [6, 6.07) is 0. The predicted octanol–water partition coefficient (Wildman–Crippen LogP) is 6.59. The van der Waals surface area contributed by atoms with Crippen LogP contribution in [0.2, 0.25) is 0 Å². The van der Waals surface area contributed by atoms with E-state index in [4.69, 9.17) is 0 Å². The number of halogens is 15. The van der Waals surface area contributed by atoms with Crippen molar-refractivity contribution in [3.63, 3.8) is 0 Å². The summed E-state index contributed by atoms with van der Waals surface area (Å²) in [6.45, 7) is 3.98. The summed E-state index contributed by atoms with van der Waals surface area (Å²) in [5, 5.41) is -1.15. The van der Waals surface area contributed by atoms with Crippen LogP contribution in [0.15, 0.2) is 12.2 Å². The Balaban J connectivity index is 6.27. The molecule has 0 rings (SSSR count). The maximum atomic E-state index is 13.5. The smallest absolute Gasteiger partial charge is 0.282 e. The lowest BCUT2D eigenvalue weighted by Crippen LogP contribution is -2.75. The van der Waals surface area contributed by atoms with E-state index < -0.39 is 59.0 Å². The van der Waals surface area contributed by atoms with Crippen LogP contribution in [0.25, 0.3) is 0 Å². The van der Waals surface area contributed by atoms with Crippen LogP contribution >= 0.6 is 11.8 Å². The Morgan fingerprint density at radius 3 is 1.37 bits per heavy atom. The molecule has 0 unspecified atom stereocenters. The van der Waals surface area contributed by atoms with Gasteiger partial charge in [0.2, 0.25) is 5.12 Å². The van der Waals surface area contributed by atoms with Crippen molar-refractivity contribution in [1.82, 2.24) is 0 Å². The molecule has 0 spiro atoms. The Hall–Kier alpha value is -1.29. The van der Waals surface area contributed by atoms with Gasteiger partial charge in [-0.15, -0.1) is 0 Å². The molecular weight excluding hydrogens is 489 g/mol. The van der Waals surface area contributed by atoms with Crippen LogP contribution in [-0.4, -0.2) is 52.6 Å². The molecule has 17 heteroatoms. The predicted molar refractivity (Wildman–Crippen MR) is 72.6 cm³/mol. The summed E-state index contributed by atoms with van der Waals surface area (Å²) in [4.78, 5) is 11.1. The molecule has 0 radical (unpaired) electrons. The van der Waals surface area contributed by atoms with E-state index >= 15 is 0 Å². The van der Waals surface area contributed by atoms with Gasteiger partial charge in [0.25, 0.3) is 0 Å². The molecule has 0 aromatic carbocycles. The lowest BCUT2D eigenvalue weighted by atomic mass is 9.85. The molecule has 0 amide bonds. The number of thioether (sulfide) groups is 1. The van der Waals surface area contributed by atoms with Gasteiger partial charge >= 0.3 is 41.7 Å². The van der Waals surface area contributed by atoms with Gasteiger partial charge in [0.1, 0.15) is 0 Å². The lowest BCUT2D eigenvalue weighted by Gasteiger charge is -2.43. The molecule has 0 aromatic heterocycles. The number of carbonyl (C=O) groups is 1. The van der Waals surface area contributed by atoms with E-state index in [1.807, 2.05) is 0 Å². The highest BCUT2D eigenvalue weighted by molar-refractivity contribution is 8.14. The maximum Gasteiger partial charge on any atom is 0.438 e. The van der Waals surface area contributed by atoms with Crippen molar-refractivity contribution in [2.45, 2.75) is 55.1 Å². The summed E-state index contributed by atoms with van der Waals surface area (Å²) in [7, 11) is 0. The number of rotatable bonds is 8. The second-order valence-corrected chi connectivity index (χ2v) is 6.82. The molecule has 0 saturated carbocycles. The van der Waals surface area contributed by atoms with Crippen LogP contribution in [0.1, 0.15) is 13.3 Å². The average Bonchev–Trinajstić information content (AvgIpc) is 2.50. The first-order chi connectivity index (χ1) is 12.8. The highest BCUT2D eigenvalue weighted by Gasteiger charge is 2.95. The molecule has 0 atom stereocenters. The Labute approximate surface area is 161 Å². The highest BCUT2D eigenvalue weighted by Crippen LogP contribution is 2.64. The lowest BCUT2D eigenvalue weighted by molar-refractivity contribution is -0.457. The molecule has 0 fully saturated rings. The quantitative estimate of drug-likeness (QED) is 0.278. The van der Waals surface area contributed by atoms with Crippen molar-refractivity contribution in [1.29, 1.82) is 0 Å². The van der Waals surface area contributed by atoms with E-state index in [0.29, 0.717) is 0 Å². The summed E-state index contributed by atoms with van der Waals surface area (Å²) >= 11 is -0.259. The Kier molecular flexibility index (Phi) is 7.66. The van der Waals surface area contributed by atoms with Gasteiger partial charge in [-0.1, -0.05) is 18.3 Å². The van der Waals surface area contributed by atoms with Crippen molar-refractivity contribution in [2.75, 3.05) is 5.75 Å². The maximum absolute atomic E-state index is 13.5. The third kappa shape index (κ3) is 4.35. The molecule has 30 heavy (non-hydrogen) atoms. The van der Waals surface area contributed by atoms with Crippen LogP contribution < -0.4 is 0 Å². The fourth-order valence-electron chi connectivity index (χ4n) is 1.71. The Bertz CT molecular complexity index is 646. The normalized spacial score (nSPS) is 15.3. The molecule has 0 heterocycles. The Morgan fingerprint density at radius 2 is 1.07 bits per heavy atom. The van der Waals surface area contributed by atoms with Gasteiger partial charge in [0, 0.05) is 12.2 Å². The zero-order valence-corrected chi connectivity index (χ0v) is 14.9. The zero-order valence-electron chi connectivity index (χ0n) is 14.1. The summed E-state index contributed by atoms with van der Waals surface area (Å²) < 4.78 is 195. The summed E-state index contributed by atoms with van der Waals surface area (Å²) in [6.07, 6.45) is -18.5. The largest absolute Gasteiger partial charge is 0.438 e. The molecule has 0 bridgehead atoms. The first-order valence-corrected chi connectivity index (χ1v) is 7.97. The summed E-state index contributed by atoms with van der Waals surface area (Å²) in [5.41, 5.74) is -8.66. The SMILES string of the molecule is C=C(C)C(=O)SCCC(F)(F)C(F)(F)C(F)(F)C(F)(F)C(F)(C(F)(F)F)C(F)(F)F. The molecule has 0 aromatic rings. The fraction of sp³-hybridized carbons (Fsp3) is 0.769. The van der Waals surface area contributed by atoms with E-state index in [2.05, 4.69) is 6.58 Å². The van der Waals surface area contributed by atoms with E-state index in [0.717, 1.165) is 6.92 Å². The van der Waals surface area contributed by atoms with E-state index in [-0.39, 0.29) is 17.3 Å². The van der Waals surface area contributed by atoms with Gasteiger partial charge in [-0.25, -0.2) is 4.39 Å². The van der Waals surface area contributed by atoms with Crippen molar-refractivity contribution in [3.05, 3.63) is 12.2 Å². The number of alkyl halides is 15. The Morgan fingerprint density at radius 1 is 0.700 bits per heavy atom. The molecule has 0 N–H and O–H groups in total. The topological polar surface area (TPSA) is 17.1 Å². The monoisotopic (exact) mass is 498 g/mol. The first kappa shape index (κ1) is 28.7. The molecule has 0 aliphatic heterocycles. The minimum absolute atomic E-state index is 0.259. The number of hydrogen-bond acceptors (Lipinski definition) is 2. The standard InChI is InChI=1S/C13H9F15OS/c1-5(2)6(29)30-4-3-7(14,15)9(17,18)11(21,22)10(19,20)8(16,12(23,24)25)13(26,27)28/h1,3-4H2,2H3. The highest BCUT2D eigenvalue weighted by atomic mass is 32.2. The van der Waals surface area contributed by atoms with Gasteiger partial charge in [0.05, 0.1) is 0 Å². The molecule has 178 valence electrons. The third-order valence-electron chi connectivity index (χ3n) is 3.46. The number of carbonyl (C=O) groups excluding carboxylic acids is 1. The first-order valence-electron chi connectivity index (χ1n) is 6.99. The van der Waals surface area contributed by atoms with E-state index in [1.165, 1.54) is 0 Å². The van der Waals surface area contributed by atoms with Crippen molar-refractivity contribution in [3.8, 4) is 0 Å². The van der Waals surface area contributed by atoms with E-state index in [9.17, 15) is 70.7 Å². The van der Waals surface area contributed by atoms with E-state index in [1.54, 1.807) is 0 Å². The minimum atomic E-state index is -8.43. The van der Waals surface area contributed by atoms with Crippen LogP contribution in [0.3, 0.4) is 0 Å². The van der Waals surface area contributed by atoms with Crippen molar-refractivity contribution >= 4 is 16.9 Å². The zero-order chi connectivity index (χ0) is 24.8. The fourth-order valence-corrected chi connectivity index (χ4v) is 2.50. The van der Waals surface area contributed by atoms with Crippen LogP contribution in [-0.2, 0) is 4.79 Å². The van der Waals surface area contributed by atoms with Gasteiger partial charge < -0.3 is 0 Å². The van der Waals surface area contributed by atoms with Crippen LogP contribution in [0, 0.1) is 0 Å². The molecule has 0 saturated heterocycles. The van der Waals surface area contributed by atoms with Crippen LogP contribution in [0.5, 0.6) is 0 Å². The molecule has 1 nitrogen and oxygen atoms in total. The second-order valence-electron chi connectivity index (χ2n) is 5.75. The molecular formula is C13H9F15OS. The average molecular weight is 498 g/mol. The van der Waals surface area contributed by atoms with Gasteiger partial charge in [-0.05, 0) is 12.5 Å².